The summed E-state index contributed by atoms with van der Waals surface area (Å²) in [6.45, 7) is 7.81. The molecule has 0 aliphatic carbocycles. The zero-order valence-electron chi connectivity index (χ0n) is 11.0. The normalized spacial score (nSPS) is 13.2. The highest BCUT2D eigenvalue weighted by molar-refractivity contribution is 9.10. The smallest absolute Gasteiger partial charge is 0.0328 e. The molecule has 1 atom stereocenters. The van der Waals surface area contributed by atoms with Gasteiger partial charge < -0.3 is 5.32 Å². The molecule has 1 aromatic heterocycles. The van der Waals surface area contributed by atoms with E-state index in [-0.39, 0.29) is 0 Å². The fourth-order valence-electron chi connectivity index (χ4n) is 1.67. The van der Waals surface area contributed by atoms with E-state index in [4.69, 9.17) is 0 Å². The van der Waals surface area contributed by atoms with Crippen LogP contribution in [0.5, 0.6) is 0 Å². The Morgan fingerprint density at radius 1 is 1.47 bits per heavy atom. The summed E-state index contributed by atoms with van der Waals surface area (Å²) in [5.41, 5.74) is 0. The molecule has 0 bridgehead atoms. The van der Waals surface area contributed by atoms with Crippen molar-refractivity contribution in [3.63, 3.8) is 0 Å². The van der Waals surface area contributed by atoms with E-state index in [2.05, 4.69) is 58.5 Å². The van der Waals surface area contributed by atoms with Crippen LogP contribution in [-0.2, 0) is 6.54 Å². The molecule has 1 aromatic rings. The molecule has 1 heterocycles. The van der Waals surface area contributed by atoms with Crippen LogP contribution in [-0.4, -0.2) is 31.1 Å². The van der Waals surface area contributed by atoms with Gasteiger partial charge in [0.15, 0.2) is 0 Å². The summed E-state index contributed by atoms with van der Waals surface area (Å²) in [7, 11) is 2.21. The van der Waals surface area contributed by atoms with Gasteiger partial charge in [0.1, 0.15) is 0 Å². The lowest BCUT2D eigenvalue weighted by Crippen LogP contribution is -2.31. The van der Waals surface area contributed by atoms with Crippen molar-refractivity contribution in [1.82, 2.24) is 10.2 Å². The molecule has 0 saturated carbocycles. The molecule has 0 spiro atoms. The molecule has 98 valence electrons. The lowest BCUT2D eigenvalue weighted by Gasteiger charge is -2.24. The molecule has 4 heteroatoms. The highest BCUT2D eigenvalue weighted by atomic mass is 79.9. The SMILES string of the molecule is CCCNCCC(C)N(C)Cc1cc(Br)cs1. The molecule has 1 unspecified atom stereocenters. The Labute approximate surface area is 118 Å². The van der Waals surface area contributed by atoms with Crippen molar-refractivity contribution in [1.29, 1.82) is 0 Å². The first-order valence-electron chi connectivity index (χ1n) is 6.27. The van der Waals surface area contributed by atoms with E-state index >= 15 is 0 Å². The zero-order chi connectivity index (χ0) is 12.7. The van der Waals surface area contributed by atoms with E-state index in [0.29, 0.717) is 6.04 Å². The molecule has 1 rings (SSSR count). The predicted octanol–water partition coefficient (Wildman–Crippen LogP) is 3.72. The summed E-state index contributed by atoms with van der Waals surface area (Å²) < 4.78 is 1.20. The topological polar surface area (TPSA) is 15.3 Å². The maximum absolute atomic E-state index is 3.50. The highest BCUT2D eigenvalue weighted by Gasteiger charge is 2.10. The summed E-state index contributed by atoms with van der Waals surface area (Å²) >= 11 is 5.32. The maximum Gasteiger partial charge on any atom is 0.0328 e. The van der Waals surface area contributed by atoms with Gasteiger partial charge in [-0.1, -0.05) is 6.92 Å². The molecular weight excluding hydrogens is 296 g/mol. The number of hydrogen-bond donors (Lipinski definition) is 1. The molecule has 0 saturated heterocycles. The maximum atomic E-state index is 3.50. The lowest BCUT2D eigenvalue weighted by molar-refractivity contribution is 0.238. The van der Waals surface area contributed by atoms with E-state index in [1.165, 1.54) is 22.2 Å². The van der Waals surface area contributed by atoms with Gasteiger partial charge in [-0.05, 0) is 61.9 Å². The minimum absolute atomic E-state index is 0.625. The van der Waals surface area contributed by atoms with Crippen LogP contribution in [0.25, 0.3) is 0 Å². The lowest BCUT2D eigenvalue weighted by atomic mass is 10.2. The Hall–Kier alpha value is 0.1000. The molecule has 0 radical (unpaired) electrons. The Morgan fingerprint density at radius 2 is 2.24 bits per heavy atom. The molecule has 0 aromatic carbocycles. The minimum atomic E-state index is 0.625. The average Bonchev–Trinajstić information content (AvgIpc) is 2.70. The average molecular weight is 319 g/mol. The molecule has 0 amide bonds. The summed E-state index contributed by atoms with van der Waals surface area (Å²) in [4.78, 5) is 3.85. The molecule has 0 aliphatic rings. The summed E-state index contributed by atoms with van der Waals surface area (Å²) in [5, 5.41) is 5.61. The molecule has 17 heavy (non-hydrogen) atoms. The fourth-order valence-corrected chi connectivity index (χ4v) is 3.18. The number of thiophene rings is 1. The number of nitrogens with zero attached hydrogens (tertiary/aromatic N) is 1. The summed E-state index contributed by atoms with van der Waals surface area (Å²) in [5.74, 6) is 0. The second kappa shape index (κ2) is 8.25. The van der Waals surface area contributed by atoms with Crippen molar-refractivity contribution in [2.45, 2.75) is 39.3 Å². The van der Waals surface area contributed by atoms with Crippen molar-refractivity contribution in [2.24, 2.45) is 0 Å². The minimum Gasteiger partial charge on any atom is -0.317 e. The molecule has 0 aliphatic heterocycles. The third-order valence-corrected chi connectivity index (χ3v) is 4.63. The van der Waals surface area contributed by atoms with Crippen molar-refractivity contribution in [2.75, 3.05) is 20.1 Å². The van der Waals surface area contributed by atoms with Crippen LogP contribution in [0.4, 0.5) is 0 Å². The largest absolute Gasteiger partial charge is 0.317 e. The third-order valence-electron chi connectivity index (χ3n) is 2.95. The number of rotatable bonds is 8. The van der Waals surface area contributed by atoms with Crippen LogP contribution in [0.1, 0.15) is 31.6 Å². The van der Waals surface area contributed by atoms with E-state index in [1.54, 1.807) is 0 Å². The number of halogens is 1. The zero-order valence-corrected chi connectivity index (χ0v) is 13.4. The van der Waals surface area contributed by atoms with Gasteiger partial charge in [-0.15, -0.1) is 11.3 Å². The van der Waals surface area contributed by atoms with Crippen LogP contribution >= 0.6 is 27.3 Å². The van der Waals surface area contributed by atoms with Gasteiger partial charge in [-0.25, -0.2) is 0 Å². The monoisotopic (exact) mass is 318 g/mol. The van der Waals surface area contributed by atoms with E-state index < -0.39 is 0 Å². The van der Waals surface area contributed by atoms with E-state index in [1.807, 2.05) is 11.3 Å². The number of nitrogens with one attached hydrogen (secondary N) is 1. The summed E-state index contributed by atoms with van der Waals surface area (Å²) in [6.07, 6.45) is 2.43. The van der Waals surface area contributed by atoms with Gasteiger partial charge in [-0.2, -0.15) is 0 Å². The fraction of sp³-hybridized carbons (Fsp3) is 0.692. The second-order valence-electron chi connectivity index (χ2n) is 4.53. The Morgan fingerprint density at radius 3 is 2.82 bits per heavy atom. The second-order valence-corrected chi connectivity index (χ2v) is 6.45. The van der Waals surface area contributed by atoms with Crippen LogP contribution in [0.15, 0.2) is 15.9 Å². The third kappa shape index (κ3) is 6.00. The summed E-state index contributed by atoms with van der Waals surface area (Å²) in [6, 6.07) is 2.84. The standard InChI is InChI=1S/C13H23BrN2S/c1-4-6-15-7-5-11(2)16(3)9-13-8-12(14)10-17-13/h8,10-11,15H,4-7,9H2,1-3H3. The van der Waals surface area contributed by atoms with Crippen molar-refractivity contribution >= 4 is 27.3 Å². The molecule has 1 N–H and O–H groups in total. The first-order chi connectivity index (χ1) is 8.13. The first-order valence-corrected chi connectivity index (χ1v) is 7.94. The quantitative estimate of drug-likeness (QED) is 0.735. The van der Waals surface area contributed by atoms with E-state index in [0.717, 1.165) is 19.6 Å². The van der Waals surface area contributed by atoms with Crippen molar-refractivity contribution < 1.29 is 0 Å². The van der Waals surface area contributed by atoms with Gasteiger partial charge >= 0.3 is 0 Å². The van der Waals surface area contributed by atoms with E-state index in [9.17, 15) is 0 Å². The van der Waals surface area contributed by atoms with Crippen LogP contribution in [0.3, 0.4) is 0 Å². The molecule has 2 nitrogen and oxygen atoms in total. The molecular formula is C13H23BrN2S. The van der Waals surface area contributed by atoms with Crippen LogP contribution in [0, 0.1) is 0 Å². The van der Waals surface area contributed by atoms with Crippen molar-refractivity contribution in [3.8, 4) is 0 Å². The van der Waals surface area contributed by atoms with Crippen LogP contribution in [0.2, 0.25) is 0 Å². The van der Waals surface area contributed by atoms with Gasteiger partial charge in [0.05, 0.1) is 0 Å². The number of hydrogen-bond acceptors (Lipinski definition) is 3. The Bertz CT molecular complexity index is 314. The highest BCUT2D eigenvalue weighted by Crippen LogP contribution is 2.21. The Kier molecular flexibility index (Phi) is 7.35. The van der Waals surface area contributed by atoms with Gasteiger partial charge in [0, 0.05) is 27.3 Å². The predicted molar refractivity (Wildman–Crippen MR) is 80.7 cm³/mol. The van der Waals surface area contributed by atoms with Gasteiger partial charge in [-0.3, -0.25) is 4.90 Å². The van der Waals surface area contributed by atoms with Crippen molar-refractivity contribution in [3.05, 3.63) is 20.8 Å². The Balaban J connectivity index is 2.24. The van der Waals surface area contributed by atoms with Gasteiger partial charge in [0.2, 0.25) is 0 Å². The first kappa shape index (κ1) is 15.2. The van der Waals surface area contributed by atoms with Crippen LogP contribution < -0.4 is 5.32 Å². The molecule has 0 fully saturated rings. The van der Waals surface area contributed by atoms with Gasteiger partial charge in [0.25, 0.3) is 0 Å².